The molecule has 1 aliphatic rings. The summed E-state index contributed by atoms with van der Waals surface area (Å²) < 4.78 is 7.97. The minimum Gasteiger partial charge on any atom is -0.492 e. The van der Waals surface area contributed by atoms with Crippen molar-refractivity contribution < 1.29 is 4.74 Å². The van der Waals surface area contributed by atoms with Crippen LogP contribution in [0.25, 0.3) is 0 Å². The van der Waals surface area contributed by atoms with Crippen LogP contribution >= 0.6 is 11.9 Å². The molecule has 6 heteroatoms. The van der Waals surface area contributed by atoms with E-state index in [0.29, 0.717) is 12.6 Å². The Morgan fingerprint density at radius 2 is 2.00 bits per heavy atom. The third-order valence-electron chi connectivity index (χ3n) is 5.89. The van der Waals surface area contributed by atoms with Crippen LogP contribution < -0.4 is 19.7 Å². The van der Waals surface area contributed by atoms with Gasteiger partial charge in [-0.25, -0.2) is 0 Å². The van der Waals surface area contributed by atoms with E-state index < -0.39 is 0 Å². The molecule has 33 heavy (non-hydrogen) atoms. The van der Waals surface area contributed by atoms with E-state index in [1.54, 1.807) is 11.9 Å². The number of pyridine rings is 1. The molecular weight excluding hydrogens is 428 g/mol. The highest BCUT2D eigenvalue weighted by Gasteiger charge is 2.20. The number of aromatic nitrogens is 1. The number of fused-ring (bicyclic) bond motifs is 1. The van der Waals surface area contributed by atoms with E-state index in [0.717, 1.165) is 43.9 Å². The van der Waals surface area contributed by atoms with Crippen molar-refractivity contribution in [1.82, 2.24) is 15.6 Å². The Hall–Kier alpha value is -2.54. The van der Waals surface area contributed by atoms with Crippen LogP contribution in [0.2, 0.25) is 0 Å². The summed E-state index contributed by atoms with van der Waals surface area (Å²) in [6, 6.07) is 21.7. The highest BCUT2D eigenvalue weighted by Crippen LogP contribution is 2.30. The predicted molar refractivity (Wildman–Crippen MR) is 138 cm³/mol. The standard InChI is InChI=1S/C27H34N4OS/c1-3-28-17-18-32-24-14-12-23(13-15-24)31(2)33-25-10-4-7-21(19-25)20-30-26-11-5-8-22-9-6-16-29-27(22)26/h4,6-7,9-10,12-16,19,26,28,30H,3,5,8,11,17-18,20H2,1-2H3. The van der Waals surface area contributed by atoms with Crippen LogP contribution in [0.15, 0.2) is 71.8 Å². The van der Waals surface area contributed by atoms with E-state index in [1.807, 2.05) is 24.4 Å². The fraction of sp³-hybridized carbons (Fsp3) is 0.370. The zero-order valence-electron chi connectivity index (χ0n) is 19.6. The zero-order valence-corrected chi connectivity index (χ0v) is 20.4. The summed E-state index contributed by atoms with van der Waals surface area (Å²) in [5, 5.41) is 7.00. The molecule has 2 aromatic carbocycles. The summed E-state index contributed by atoms with van der Waals surface area (Å²) in [6.07, 6.45) is 5.42. The van der Waals surface area contributed by atoms with Crippen LogP contribution in [0.1, 0.15) is 42.6 Å². The van der Waals surface area contributed by atoms with Gasteiger partial charge in [-0.05, 0) is 91.3 Å². The molecule has 2 N–H and O–H groups in total. The normalized spacial score (nSPS) is 15.2. The predicted octanol–water partition coefficient (Wildman–Crippen LogP) is 5.38. The van der Waals surface area contributed by atoms with Gasteiger partial charge in [0.25, 0.3) is 0 Å². The van der Waals surface area contributed by atoms with E-state index in [-0.39, 0.29) is 0 Å². The monoisotopic (exact) mass is 462 g/mol. The first-order chi connectivity index (χ1) is 16.2. The first kappa shape index (κ1) is 23.6. The highest BCUT2D eigenvalue weighted by atomic mass is 32.2. The molecule has 0 amide bonds. The lowest BCUT2D eigenvalue weighted by atomic mass is 9.92. The number of nitrogens with one attached hydrogen (secondary N) is 2. The lowest BCUT2D eigenvalue weighted by molar-refractivity contribution is 0.315. The van der Waals surface area contributed by atoms with Crippen LogP contribution in [-0.2, 0) is 13.0 Å². The summed E-state index contributed by atoms with van der Waals surface area (Å²) in [5.41, 5.74) is 5.05. The maximum atomic E-state index is 5.78. The summed E-state index contributed by atoms with van der Waals surface area (Å²) >= 11 is 1.73. The van der Waals surface area contributed by atoms with Crippen LogP contribution in [0.5, 0.6) is 5.75 Å². The molecule has 1 unspecified atom stereocenters. The molecule has 5 nitrogen and oxygen atoms in total. The van der Waals surface area contributed by atoms with Gasteiger partial charge >= 0.3 is 0 Å². The summed E-state index contributed by atoms with van der Waals surface area (Å²) in [6.45, 7) is 5.46. The molecule has 0 aliphatic heterocycles. The van der Waals surface area contributed by atoms with Gasteiger partial charge in [0.1, 0.15) is 12.4 Å². The maximum absolute atomic E-state index is 5.78. The Balaban J connectivity index is 1.31. The smallest absolute Gasteiger partial charge is 0.119 e. The Morgan fingerprint density at radius 1 is 1.12 bits per heavy atom. The van der Waals surface area contributed by atoms with Crippen molar-refractivity contribution in [3.8, 4) is 5.75 Å². The van der Waals surface area contributed by atoms with E-state index in [2.05, 4.69) is 76.4 Å². The largest absolute Gasteiger partial charge is 0.492 e. The maximum Gasteiger partial charge on any atom is 0.119 e. The highest BCUT2D eigenvalue weighted by molar-refractivity contribution is 8.00. The lowest BCUT2D eigenvalue weighted by Gasteiger charge is -2.25. The second-order valence-electron chi connectivity index (χ2n) is 8.31. The van der Waals surface area contributed by atoms with E-state index >= 15 is 0 Å². The van der Waals surface area contributed by atoms with E-state index in [9.17, 15) is 0 Å². The quantitative estimate of drug-likeness (QED) is 0.295. The Labute approximate surface area is 202 Å². The first-order valence-corrected chi connectivity index (χ1v) is 12.6. The number of hydrogen-bond acceptors (Lipinski definition) is 6. The van der Waals surface area contributed by atoms with Crippen molar-refractivity contribution in [2.24, 2.45) is 0 Å². The number of ether oxygens (including phenoxy) is 1. The number of hydrogen-bond donors (Lipinski definition) is 2. The zero-order chi connectivity index (χ0) is 22.9. The van der Waals surface area contributed by atoms with Crippen molar-refractivity contribution in [3.63, 3.8) is 0 Å². The molecular formula is C27H34N4OS. The molecule has 0 fully saturated rings. The van der Waals surface area contributed by atoms with E-state index in [1.165, 1.54) is 28.1 Å². The number of anilines is 1. The second kappa shape index (κ2) is 12.1. The SMILES string of the molecule is CCNCCOc1ccc(N(C)Sc2cccc(CNC3CCCc4cccnc43)c2)cc1. The van der Waals surface area contributed by atoms with Crippen molar-refractivity contribution in [2.75, 3.05) is 31.0 Å². The van der Waals surface area contributed by atoms with E-state index in [4.69, 9.17) is 4.74 Å². The van der Waals surface area contributed by atoms with Gasteiger partial charge in [-0.2, -0.15) is 0 Å². The molecule has 174 valence electrons. The number of likely N-dealkylation sites (N-methyl/N-ethyl adjacent to an activating group) is 1. The molecule has 1 heterocycles. The average Bonchev–Trinajstić information content (AvgIpc) is 2.86. The number of nitrogens with zero attached hydrogens (tertiary/aromatic N) is 2. The molecule has 4 rings (SSSR count). The molecule has 0 bridgehead atoms. The lowest BCUT2D eigenvalue weighted by Crippen LogP contribution is -2.25. The van der Waals surface area contributed by atoms with Crippen molar-refractivity contribution in [3.05, 3.63) is 83.7 Å². The summed E-state index contributed by atoms with van der Waals surface area (Å²) in [5.74, 6) is 0.905. The Bertz CT molecular complexity index is 1010. The molecule has 1 aliphatic carbocycles. The average molecular weight is 463 g/mol. The minimum atomic E-state index is 0.340. The van der Waals surface area contributed by atoms with Gasteiger partial charge in [-0.1, -0.05) is 25.1 Å². The van der Waals surface area contributed by atoms with Gasteiger partial charge in [-0.15, -0.1) is 0 Å². The van der Waals surface area contributed by atoms with Crippen molar-refractivity contribution in [1.29, 1.82) is 0 Å². The van der Waals surface area contributed by atoms with Gasteiger partial charge in [0, 0.05) is 36.9 Å². The molecule has 1 aromatic heterocycles. The summed E-state index contributed by atoms with van der Waals surface area (Å²) in [4.78, 5) is 5.88. The molecule has 0 spiro atoms. The van der Waals surface area contributed by atoms with Gasteiger partial charge in [-0.3, -0.25) is 4.98 Å². The number of aryl methyl sites for hydroxylation is 1. The third kappa shape index (κ3) is 6.73. The van der Waals surface area contributed by atoms with Crippen LogP contribution in [0.4, 0.5) is 5.69 Å². The molecule has 0 saturated heterocycles. The van der Waals surface area contributed by atoms with Crippen LogP contribution in [0, 0.1) is 0 Å². The fourth-order valence-corrected chi connectivity index (χ4v) is 5.03. The molecule has 0 radical (unpaired) electrons. The topological polar surface area (TPSA) is 49.4 Å². The molecule has 1 atom stereocenters. The van der Waals surface area contributed by atoms with Crippen LogP contribution in [0.3, 0.4) is 0 Å². The van der Waals surface area contributed by atoms with Crippen molar-refractivity contribution in [2.45, 2.75) is 43.7 Å². The number of rotatable bonds is 11. The first-order valence-electron chi connectivity index (χ1n) is 11.8. The van der Waals surface area contributed by atoms with Crippen LogP contribution in [-0.4, -0.2) is 31.7 Å². The van der Waals surface area contributed by atoms with Gasteiger partial charge < -0.3 is 19.7 Å². The molecule has 0 saturated carbocycles. The Kier molecular flexibility index (Phi) is 8.64. The van der Waals surface area contributed by atoms with Gasteiger partial charge in [0.2, 0.25) is 0 Å². The summed E-state index contributed by atoms with van der Waals surface area (Å²) in [7, 11) is 2.10. The van der Waals surface area contributed by atoms with Gasteiger partial charge in [0.15, 0.2) is 0 Å². The molecule has 3 aromatic rings. The third-order valence-corrected chi connectivity index (χ3v) is 6.84. The number of benzene rings is 2. The van der Waals surface area contributed by atoms with Crippen molar-refractivity contribution >= 4 is 17.6 Å². The minimum absolute atomic E-state index is 0.340. The van der Waals surface area contributed by atoms with Gasteiger partial charge in [0.05, 0.1) is 11.7 Å². The second-order valence-corrected chi connectivity index (χ2v) is 9.51. The Morgan fingerprint density at radius 3 is 2.85 bits per heavy atom. The fourth-order valence-electron chi connectivity index (χ4n) is 4.14.